The summed E-state index contributed by atoms with van der Waals surface area (Å²) in [6.45, 7) is 4.13. The van der Waals surface area contributed by atoms with Crippen LogP contribution in [0, 0.1) is 0 Å². The largest absolute Gasteiger partial charge is 0.447 e. The first-order chi connectivity index (χ1) is 22.1. The van der Waals surface area contributed by atoms with Gasteiger partial charge in [0, 0.05) is 42.2 Å². The van der Waals surface area contributed by atoms with Gasteiger partial charge in [0.2, 0.25) is 0 Å². The minimum atomic E-state index is -0.568. The molecular formula is C38H38N4O3. The number of hydrogen-bond donors (Lipinski definition) is 3. The Morgan fingerprint density at radius 1 is 0.889 bits per heavy atom. The van der Waals surface area contributed by atoms with Gasteiger partial charge in [-0.2, -0.15) is 0 Å². The molecule has 1 heterocycles. The Labute approximate surface area is 263 Å². The number of carbonyl (C=O) groups is 2. The summed E-state index contributed by atoms with van der Waals surface area (Å²) in [7, 11) is 0. The predicted molar refractivity (Wildman–Crippen MR) is 179 cm³/mol. The second-order valence-electron chi connectivity index (χ2n) is 11.3. The normalized spacial score (nSPS) is 12.3. The predicted octanol–water partition coefficient (Wildman–Crippen LogP) is 7.21. The van der Waals surface area contributed by atoms with Gasteiger partial charge in [-0.3, -0.25) is 10.2 Å². The van der Waals surface area contributed by atoms with Gasteiger partial charge in [0.25, 0.3) is 5.91 Å². The lowest BCUT2D eigenvalue weighted by molar-refractivity contribution is -0.120. The number of hydrazine groups is 1. The van der Waals surface area contributed by atoms with Gasteiger partial charge in [0.1, 0.15) is 6.61 Å². The molecule has 1 aliphatic carbocycles. The van der Waals surface area contributed by atoms with Gasteiger partial charge in [-0.25, -0.2) is 9.80 Å². The fourth-order valence-corrected chi connectivity index (χ4v) is 5.97. The number of aromatic amines is 1. The van der Waals surface area contributed by atoms with Gasteiger partial charge in [0.05, 0.1) is 0 Å². The summed E-state index contributed by atoms with van der Waals surface area (Å²) in [6.07, 6.45) is 6.32. The van der Waals surface area contributed by atoms with Crippen LogP contribution in [-0.4, -0.2) is 41.7 Å². The number of ether oxygens (including phenoxy) is 1. The number of hydrogen-bond acceptors (Lipinski definition) is 4. The Kier molecular flexibility index (Phi) is 9.37. The minimum absolute atomic E-state index is 0.0434. The van der Waals surface area contributed by atoms with Crippen molar-refractivity contribution in [2.45, 2.75) is 32.2 Å². The van der Waals surface area contributed by atoms with Crippen molar-refractivity contribution in [3.8, 4) is 11.1 Å². The second kappa shape index (κ2) is 14.1. The molecule has 0 bridgehead atoms. The van der Waals surface area contributed by atoms with E-state index in [2.05, 4.69) is 76.5 Å². The van der Waals surface area contributed by atoms with E-state index in [1.807, 2.05) is 49.4 Å². The van der Waals surface area contributed by atoms with Crippen molar-refractivity contribution < 1.29 is 14.3 Å². The Bertz CT molecular complexity index is 1760. The third-order valence-corrected chi connectivity index (χ3v) is 8.23. The van der Waals surface area contributed by atoms with Crippen molar-refractivity contribution in [2.24, 2.45) is 0 Å². The molecule has 1 aromatic heterocycles. The van der Waals surface area contributed by atoms with E-state index in [0.717, 1.165) is 36.2 Å². The van der Waals surface area contributed by atoms with Crippen molar-refractivity contribution >= 4 is 29.0 Å². The number of para-hydroxylation sites is 1. The third-order valence-electron chi connectivity index (χ3n) is 8.23. The maximum Gasteiger partial charge on any atom is 0.428 e. The van der Waals surface area contributed by atoms with Crippen LogP contribution in [0.5, 0.6) is 0 Å². The molecule has 0 saturated heterocycles. The molecule has 7 heteroatoms. The number of nitrogens with zero attached hydrogens (tertiary/aromatic N) is 1. The van der Waals surface area contributed by atoms with Crippen molar-refractivity contribution in [1.29, 1.82) is 0 Å². The van der Waals surface area contributed by atoms with Crippen LogP contribution in [0.25, 0.3) is 28.1 Å². The monoisotopic (exact) mass is 598 g/mol. The van der Waals surface area contributed by atoms with Gasteiger partial charge in [-0.15, -0.1) is 0 Å². The summed E-state index contributed by atoms with van der Waals surface area (Å²) in [4.78, 5) is 29.1. The molecule has 1 aliphatic rings. The number of rotatable bonds is 11. The van der Waals surface area contributed by atoms with Gasteiger partial charge >= 0.3 is 6.09 Å². The lowest BCUT2D eigenvalue weighted by atomic mass is 9.98. The molecule has 0 atom stereocenters. The first-order valence-electron chi connectivity index (χ1n) is 15.6. The molecule has 5 aromatic rings. The Hall–Kier alpha value is -5.14. The quantitative estimate of drug-likeness (QED) is 0.0852. The van der Waals surface area contributed by atoms with Crippen molar-refractivity contribution in [3.63, 3.8) is 0 Å². The third kappa shape index (κ3) is 7.00. The van der Waals surface area contributed by atoms with Crippen LogP contribution in [0.4, 0.5) is 4.79 Å². The number of fused-ring (bicyclic) bond motifs is 4. The highest BCUT2D eigenvalue weighted by atomic mass is 16.6. The molecule has 0 fully saturated rings. The fourth-order valence-electron chi connectivity index (χ4n) is 5.97. The fraction of sp³-hybridized carbons (Fsp3) is 0.211. The van der Waals surface area contributed by atoms with E-state index in [4.69, 9.17) is 4.74 Å². The van der Waals surface area contributed by atoms with E-state index >= 15 is 0 Å². The van der Waals surface area contributed by atoms with Crippen LogP contribution < -0.4 is 10.7 Å². The van der Waals surface area contributed by atoms with Crippen LogP contribution in [0.2, 0.25) is 0 Å². The van der Waals surface area contributed by atoms with Gasteiger partial charge in [0.15, 0.2) is 0 Å². The number of benzene rings is 4. The molecule has 6 rings (SSSR count). The van der Waals surface area contributed by atoms with Crippen LogP contribution in [-0.2, 0) is 22.5 Å². The number of amides is 2. The van der Waals surface area contributed by atoms with Gasteiger partial charge in [-0.1, -0.05) is 97.9 Å². The molecule has 0 aliphatic heterocycles. The average molecular weight is 599 g/mol. The molecule has 3 N–H and O–H groups in total. The molecule has 228 valence electrons. The van der Waals surface area contributed by atoms with Crippen molar-refractivity contribution in [1.82, 2.24) is 20.7 Å². The SMILES string of the molecule is CCCN(NC(=O)/C=C/c1ccc(CNCCc2c[nH]c3ccccc23)cc1)C(=O)OCC1c2ccccc2-c2ccccc21. The zero-order chi connectivity index (χ0) is 31.0. The smallest absolute Gasteiger partial charge is 0.428 e. The molecule has 7 nitrogen and oxygen atoms in total. The van der Waals surface area contributed by atoms with Crippen LogP contribution in [0.1, 0.15) is 47.1 Å². The topological polar surface area (TPSA) is 86.5 Å². The zero-order valence-electron chi connectivity index (χ0n) is 25.5. The van der Waals surface area contributed by atoms with E-state index in [1.54, 1.807) is 6.08 Å². The Morgan fingerprint density at radius 3 is 2.31 bits per heavy atom. The van der Waals surface area contributed by atoms with Gasteiger partial charge in [-0.05, 0) is 70.5 Å². The van der Waals surface area contributed by atoms with E-state index in [9.17, 15) is 9.59 Å². The number of carbonyl (C=O) groups excluding carboxylic acids is 2. The van der Waals surface area contributed by atoms with E-state index in [-0.39, 0.29) is 18.4 Å². The first-order valence-corrected chi connectivity index (χ1v) is 15.6. The average Bonchev–Trinajstić information content (AvgIpc) is 3.64. The minimum Gasteiger partial charge on any atom is -0.447 e. The molecule has 0 unspecified atom stereocenters. The molecule has 2 amide bonds. The first kappa shape index (κ1) is 29.9. The van der Waals surface area contributed by atoms with Crippen molar-refractivity contribution in [3.05, 3.63) is 137 Å². The summed E-state index contributed by atoms with van der Waals surface area (Å²) in [5.41, 5.74) is 11.9. The van der Waals surface area contributed by atoms with Gasteiger partial charge < -0.3 is 15.0 Å². The molecule has 0 radical (unpaired) electrons. The summed E-state index contributed by atoms with van der Waals surface area (Å²) in [5.74, 6) is -0.432. The second-order valence-corrected chi connectivity index (χ2v) is 11.3. The zero-order valence-corrected chi connectivity index (χ0v) is 25.5. The molecular weight excluding hydrogens is 560 g/mol. The lowest BCUT2D eigenvalue weighted by Crippen LogP contribution is -2.46. The highest BCUT2D eigenvalue weighted by Gasteiger charge is 2.29. The maximum atomic E-state index is 13.1. The Morgan fingerprint density at radius 2 is 1.58 bits per heavy atom. The maximum absolute atomic E-state index is 13.1. The number of H-pyrrole nitrogens is 1. The summed E-state index contributed by atoms with van der Waals surface area (Å²) in [5, 5.41) is 6.04. The molecule has 0 spiro atoms. The Balaban J connectivity index is 0.976. The molecule has 4 aromatic carbocycles. The van der Waals surface area contributed by atoms with Crippen LogP contribution >= 0.6 is 0 Å². The van der Waals surface area contributed by atoms with Crippen molar-refractivity contribution in [2.75, 3.05) is 19.7 Å². The van der Waals surface area contributed by atoms with E-state index in [0.29, 0.717) is 13.0 Å². The van der Waals surface area contributed by atoms with Crippen LogP contribution in [0.15, 0.2) is 109 Å². The number of nitrogens with one attached hydrogen (secondary N) is 3. The highest BCUT2D eigenvalue weighted by Crippen LogP contribution is 2.44. The van der Waals surface area contributed by atoms with E-state index in [1.165, 1.54) is 44.2 Å². The molecule has 0 saturated carbocycles. The lowest BCUT2D eigenvalue weighted by Gasteiger charge is -2.23. The summed E-state index contributed by atoms with van der Waals surface area (Å²) >= 11 is 0. The highest BCUT2D eigenvalue weighted by molar-refractivity contribution is 5.92. The summed E-state index contributed by atoms with van der Waals surface area (Å²) < 4.78 is 5.75. The molecule has 45 heavy (non-hydrogen) atoms. The summed E-state index contributed by atoms with van der Waals surface area (Å²) in [6, 6.07) is 32.9. The standard InChI is InChI=1S/C38H38N4O3/c1-2-23-42(38(44)45-26-35-33-12-5-3-10-31(33)32-11-4-6-13-34(32)35)41-37(43)20-19-27-15-17-28(18-16-27)24-39-22-21-29-25-40-36-14-8-7-9-30(29)36/h3-20,25,35,39-40H,2,21-24,26H2,1H3,(H,41,43)/b20-19+. The van der Waals surface area contributed by atoms with E-state index < -0.39 is 6.09 Å². The van der Waals surface area contributed by atoms with Crippen LogP contribution in [0.3, 0.4) is 0 Å². The number of aromatic nitrogens is 1.